The third-order valence-electron chi connectivity index (χ3n) is 9.68. The molecule has 8 heteroatoms. The Hall–Kier alpha value is -3.65. The average molecular weight is 561 g/mol. The van der Waals surface area contributed by atoms with E-state index in [-0.39, 0.29) is 34.8 Å². The third kappa shape index (κ3) is 3.46. The van der Waals surface area contributed by atoms with Crippen molar-refractivity contribution in [3.8, 4) is 17.2 Å². The molecule has 4 atom stereocenters. The summed E-state index contributed by atoms with van der Waals surface area (Å²) in [6.45, 7) is 13.0. The molecule has 8 nitrogen and oxygen atoms in total. The number of hydrogen-bond donors (Lipinski definition) is 2. The highest BCUT2D eigenvalue weighted by Gasteiger charge is 2.81. The second-order valence-corrected chi connectivity index (χ2v) is 13.2. The zero-order valence-electron chi connectivity index (χ0n) is 24.5. The number of fused-ring (bicyclic) bond motifs is 2. The maximum Gasteiger partial charge on any atom is 0.330 e. The first-order chi connectivity index (χ1) is 19.1. The van der Waals surface area contributed by atoms with Gasteiger partial charge in [-0.1, -0.05) is 23.8 Å². The predicted molar refractivity (Wildman–Crippen MR) is 151 cm³/mol. The van der Waals surface area contributed by atoms with Crippen LogP contribution in [0.3, 0.4) is 0 Å². The van der Waals surface area contributed by atoms with Gasteiger partial charge in [0, 0.05) is 22.6 Å². The number of carbonyl (C=O) groups excluding carboxylic acids is 2. The molecule has 3 heterocycles. The number of carbonyl (C=O) groups is 3. The van der Waals surface area contributed by atoms with Gasteiger partial charge in [0.15, 0.2) is 23.3 Å². The number of allylic oxidation sites excluding steroid dienone is 4. The quantitative estimate of drug-likeness (QED) is 0.357. The molecule has 1 saturated heterocycles. The van der Waals surface area contributed by atoms with Gasteiger partial charge in [0.25, 0.3) is 0 Å². The van der Waals surface area contributed by atoms with Gasteiger partial charge in [0.05, 0.1) is 16.6 Å². The van der Waals surface area contributed by atoms with Crippen molar-refractivity contribution in [1.82, 2.24) is 0 Å². The van der Waals surface area contributed by atoms with Crippen molar-refractivity contribution < 1.29 is 38.8 Å². The molecule has 0 aromatic heterocycles. The molecule has 3 aliphatic carbocycles. The summed E-state index contributed by atoms with van der Waals surface area (Å²) >= 11 is 0. The first-order valence-electron chi connectivity index (χ1n) is 14.1. The predicted octanol–water partition coefficient (Wildman–Crippen LogP) is 5.51. The summed E-state index contributed by atoms with van der Waals surface area (Å²) in [5, 5.41) is 21.1. The minimum absolute atomic E-state index is 0.0513. The monoisotopic (exact) mass is 560 g/mol. The molecule has 1 spiro atoms. The van der Waals surface area contributed by atoms with Crippen LogP contribution in [0, 0.1) is 11.3 Å². The Morgan fingerprint density at radius 3 is 2.44 bits per heavy atom. The molecule has 1 aromatic carbocycles. The highest BCUT2D eigenvalue weighted by molar-refractivity contribution is 6.18. The van der Waals surface area contributed by atoms with Crippen LogP contribution in [0.2, 0.25) is 0 Å². The Labute approximate surface area is 239 Å². The fourth-order valence-electron chi connectivity index (χ4n) is 7.45. The summed E-state index contributed by atoms with van der Waals surface area (Å²) in [7, 11) is 0. The van der Waals surface area contributed by atoms with Gasteiger partial charge >= 0.3 is 5.97 Å². The highest BCUT2D eigenvalue weighted by atomic mass is 16.6. The molecule has 2 N–H and O–H groups in total. The van der Waals surface area contributed by atoms with Crippen molar-refractivity contribution in [3.63, 3.8) is 0 Å². The normalized spacial score (nSPS) is 31.4. The van der Waals surface area contributed by atoms with E-state index in [2.05, 4.69) is 0 Å². The molecule has 41 heavy (non-hydrogen) atoms. The van der Waals surface area contributed by atoms with Gasteiger partial charge in [-0.2, -0.15) is 0 Å². The number of rotatable bonds is 5. The average Bonchev–Trinajstić information content (AvgIpc) is 3.03. The van der Waals surface area contributed by atoms with Crippen molar-refractivity contribution >= 4 is 23.6 Å². The number of ether oxygens (including phenoxy) is 3. The minimum atomic E-state index is -1.50. The summed E-state index contributed by atoms with van der Waals surface area (Å²) in [5.41, 5.74) is -1.45. The van der Waals surface area contributed by atoms with Gasteiger partial charge in [-0.15, -0.1) is 0 Å². The van der Waals surface area contributed by atoms with Crippen LogP contribution in [0.4, 0.5) is 0 Å². The number of phenols is 1. The number of phenolic OH excluding ortho intramolecular Hbond substituents is 1. The van der Waals surface area contributed by atoms with E-state index in [1.54, 1.807) is 18.2 Å². The van der Waals surface area contributed by atoms with E-state index in [1.165, 1.54) is 6.92 Å². The Morgan fingerprint density at radius 2 is 1.78 bits per heavy atom. The number of benzene rings is 1. The number of ketones is 2. The zero-order chi connectivity index (χ0) is 29.9. The number of aliphatic carboxylic acids is 1. The Bertz CT molecular complexity index is 1560. The number of Topliss-reactive ketones (excluding diaryl/α,β-unsaturated/α-hetero) is 2. The smallest absolute Gasteiger partial charge is 0.330 e. The number of carboxylic acid groups (broad SMARTS) is 1. The maximum atomic E-state index is 14.5. The molecular formula is C33H36O8. The van der Waals surface area contributed by atoms with Gasteiger partial charge in [0.2, 0.25) is 0 Å². The number of hydrogen-bond acceptors (Lipinski definition) is 7. The van der Waals surface area contributed by atoms with Crippen LogP contribution < -0.4 is 9.47 Å². The summed E-state index contributed by atoms with van der Waals surface area (Å²) < 4.78 is 19.9. The molecule has 7 rings (SSSR count). The van der Waals surface area contributed by atoms with Gasteiger partial charge in [-0.05, 0) is 79.9 Å². The van der Waals surface area contributed by atoms with E-state index in [1.807, 2.05) is 53.7 Å². The van der Waals surface area contributed by atoms with E-state index in [0.717, 1.165) is 5.57 Å². The Kier molecular flexibility index (Phi) is 5.67. The SMILES string of the molecule is CC(C)=CCc1c2c(c(O)c3c1O[C@]14C(=C[C@@H]5C[C@@]1(C/C=C(/C)C(=O)O)C(C)(C)O[C@H]4C5=O)C3=O)C=CC(C)(C)O2. The lowest BCUT2D eigenvalue weighted by molar-refractivity contribution is -0.148. The largest absolute Gasteiger partial charge is 0.506 e. The van der Waals surface area contributed by atoms with E-state index in [4.69, 9.17) is 14.2 Å². The van der Waals surface area contributed by atoms with Crippen molar-refractivity contribution in [2.24, 2.45) is 11.3 Å². The summed E-state index contributed by atoms with van der Waals surface area (Å²) in [5.74, 6) is -1.79. The molecule has 216 valence electrons. The molecule has 3 aliphatic heterocycles. The number of carboxylic acids is 1. The van der Waals surface area contributed by atoms with E-state index in [0.29, 0.717) is 35.3 Å². The van der Waals surface area contributed by atoms with Crippen molar-refractivity contribution in [1.29, 1.82) is 0 Å². The van der Waals surface area contributed by atoms with Gasteiger partial charge < -0.3 is 24.4 Å². The molecule has 1 aromatic rings. The van der Waals surface area contributed by atoms with Crippen LogP contribution in [-0.2, 0) is 20.7 Å². The lowest BCUT2D eigenvalue weighted by atomic mass is 9.47. The van der Waals surface area contributed by atoms with Crippen molar-refractivity contribution in [2.75, 3.05) is 0 Å². The summed E-state index contributed by atoms with van der Waals surface area (Å²) in [4.78, 5) is 40.0. The maximum absolute atomic E-state index is 14.5. The molecule has 0 radical (unpaired) electrons. The second kappa shape index (κ2) is 8.44. The van der Waals surface area contributed by atoms with Gasteiger partial charge in [-0.3, -0.25) is 9.59 Å². The topological polar surface area (TPSA) is 119 Å². The molecule has 0 unspecified atom stereocenters. The molecule has 4 bridgehead atoms. The third-order valence-corrected chi connectivity index (χ3v) is 9.68. The lowest BCUT2D eigenvalue weighted by Crippen LogP contribution is -2.70. The fourth-order valence-corrected chi connectivity index (χ4v) is 7.45. The van der Waals surface area contributed by atoms with E-state index >= 15 is 0 Å². The van der Waals surface area contributed by atoms with Gasteiger partial charge in [-0.25, -0.2) is 4.79 Å². The van der Waals surface area contributed by atoms with Crippen LogP contribution in [0.1, 0.15) is 82.8 Å². The summed E-state index contributed by atoms with van der Waals surface area (Å²) in [6.07, 6.45) is 8.83. The zero-order valence-corrected chi connectivity index (χ0v) is 24.5. The van der Waals surface area contributed by atoms with Crippen LogP contribution in [-0.4, -0.2) is 50.7 Å². The highest BCUT2D eigenvalue weighted by Crippen LogP contribution is 2.71. The van der Waals surface area contributed by atoms with Crippen molar-refractivity contribution in [3.05, 3.63) is 57.7 Å². The minimum Gasteiger partial charge on any atom is -0.506 e. The first kappa shape index (κ1) is 27.5. The standard InChI is InChI=1S/C33H36O8/c1-16(2)8-9-20-26-19(11-12-30(4,5)39-26)24(35)22-25(36)21-14-18-15-32(13-10-17(3)29(37)38)31(6,7)41-28(23(18)34)33(21,32)40-27(20)22/h8,10-12,14,18,28,35H,9,13,15H2,1-7H3,(H,37,38)/b17-10-/t18-,28+,32+,33+/m1/s1. The lowest BCUT2D eigenvalue weighted by Gasteiger charge is -2.58. The van der Waals surface area contributed by atoms with Crippen molar-refractivity contribution in [2.45, 2.75) is 90.6 Å². The second-order valence-electron chi connectivity index (χ2n) is 13.2. The summed E-state index contributed by atoms with van der Waals surface area (Å²) in [6, 6.07) is 0. The first-order valence-corrected chi connectivity index (χ1v) is 14.1. The molecule has 0 amide bonds. The van der Waals surface area contributed by atoms with Crippen LogP contribution in [0.25, 0.3) is 6.08 Å². The van der Waals surface area contributed by atoms with Crippen LogP contribution >= 0.6 is 0 Å². The number of aromatic hydroxyl groups is 1. The van der Waals surface area contributed by atoms with Crippen LogP contribution in [0.15, 0.2) is 41.0 Å². The molecule has 2 fully saturated rings. The van der Waals surface area contributed by atoms with E-state index < -0.39 is 46.0 Å². The van der Waals surface area contributed by atoms with E-state index in [9.17, 15) is 24.6 Å². The molecular weight excluding hydrogens is 524 g/mol. The molecule has 6 aliphatic rings. The Morgan fingerprint density at radius 1 is 1.07 bits per heavy atom. The molecule has 1 saturated carbocycles. The van der Waals surface area contributed by atoms with Crippen LogP contribution in [0.5, 0.6) is 17.2 Å². The van der Waals surface area contributed by atoms with Gasteiger partial charge in [0.1, 0.15) is 28.4 Å². The fraction of sp³-hybridized carbons (Fsp3) is 0.485. The Balaban J connectivity index is 1.66.